The first-order valence-corrected chi connectivity index (χ1v) is 7.17. The number of halogens is 2. The van der Waals surface area contributed by atoms with Crippen LogP contribution in [0.25, 0.3) is 0 Å². The van der Waals surface area contributed by atoms with Crippen LogP contribution in [0.2, 0.25) is 10.3 Å². The molecule has 1 aliphatic heterocycles. The molecule has 108 valence electrons. The van der Waals surface area contributed by atoms with E-state index in [-0.39, 0.29) is 11.2 Å². The first-order valence-electron chi connectivity index (χ1n) is 6.41. The van der Waals surface area contributed by atoms with Crippen molar-refractivity contribution in [2.75, 3.05) is 16.8 Å². The number of para-hydroxylation sites is 1. The molecule has 0 spiro atoms. The van der Waals surface area contributed by atoms with Crippen molar-refractivity contribution in [1.82, 2.24) is 9.97 Å². The van der Waals surface area contributed by atoms with E-state index in [4.69, 9.17) is 23.2 Å². The number of aromatic nitrogens is 2. The van der Waals surface area contributed by atoms with Crippen LogP contribution in [0.15, 0.2) is 24.4 Å². The molecule has 0 aliphatic carbocycles. The molecule has 0 unspecified atom stereocenters. The van der Waals surface area contributed by atoms with Crippen molar-refractivity contribution in [1.29, 1.82) is 0 Å². The van der Waals surface area contributed by atoms with Gasteiger partial charge in [-0.2, -0.15) is 4.98 Å². The second-order valence-electron chi connectivity index (χ2n) is 4.69. The molecule has 7 heteroatoms. The number of benzene rings is 1. The minimum atomic E-state index is 0.00909. The van der Waals surface area contributed by atoms with Gasteiger partial charge in [0.15, 0.2) is 5.82 Å². The largest absolute Gasteiger partial charge is 0.337 e. The van der Waals surface area contributed by atoms with E-state index in [1.165, 1.54) is 6.20 Å². The number of anilines is 3. The van der Waals surface area contributed by atoms with Crippen molar-refractivity contribution >= 4 is 46.3 Å². The summed E-state index contributed by atoms with van der Waals surface area (Å²) in [5, 5.41) is 3.61. The zero-order valence-electron chi connectivity index (χ0n) is 11.2. The molecule has 0 saturated heterocycles. The van der Waals surface area contributed by atoms with Gasteiger partial charge >= 0.3 is 0 Å². The van der Waals surface area contributed by atoms with Crippen molar-refractivity contribution in [2.45, 2.75) is 13.3 Å². The van der Waals surface area contributed by atoms with Crippen molar-refractivity contribution in [2.24, 2.45) is 0 Å². The Morgan fingerprint density at radius 2 is 2.19 bits per heavy atom. The fourth-order valence-corrected chi connectivity index (χ4v) is 2.70. The predicted octanol–water partition coefficient (Wildman–Crippen LogP) is 3.44. The highest BCUT2D eigenvalue weighted by Gasteiger charge is 2.25. The molecule has 21 heavy (non-hydrogen) atoms. The second kappa shape index (κ2) is 5.50. The number of rotatable bonds is 2. The lowest BCUT2D eigenvalue weighted by Crippen LogP contribution is -2.26. The van der Waals surface area contributed by atoms with Crippen LogP contribution >= 0.6 is 23.2 Å². The molecular formula is C14H12Cl2N4O. The summed E-state index contributed by atoms with van der Waals surface area (Å²) in [5.41, 5.74) is 2.76. The number of hydrogen-bond acceptors (Lipinski definition) is 4. The molecule has 5 nitrogen and oxygen atoms in total. The lowest BCUT2D eigenvalue weighted by Gasteiger charge is -2.19. The molecular weight excluding hydrogens is 311 g/mol. The average Bonchev–Trinajstić information content (AvgIpc) is 2.88. The number of hydrogen-bond donors (Lipinski definition) is 1. The predicted molar refractivity (Wildman–Crippen MR) is 83.5 cm³/mol. The topological polar surface area (TPSA) is 58.1 Å². The molecule has 0 saturated carbocycles. The van der Waals surface area contributed by atoms with Crippen LogP contribution in [0.1, 0.15) is 12.5 Å². The third-order valence-electron chi connectivity index (χ3n) is 3.34. The molecule has 1 aromatic carbocycles. The number of carbonyl (C=O) groups is 1. The highest BCUT2D eigenvalue weighted by molar-refractivity contribution is 6.33. The molecule has 1 aromatic heterocycles. The summed E-state index contributed by atoms with van der Waals surface area (Å²) in [5.74, 6) is 0.426. The van der Waals surface area contributed by atoms with E-state index in [1.54, 1.807) is 11.8 Å². The minimum absolute atomic E-state index is 0.00909. The van der Waals surface area contributed by atoms with E-state index in [0.29, 0.717) is 17.4 Å². The van der Waals surface area contributed by atoms with Crippen LogP contribution in [0.5, 0.6) is 0 Å². The summed E-state index contributed by atoms with van der Waals surface area (Å²) >= 11 is 11.9. The maximum absolute atomic E-state index is 11.8. The van der Waals surface area contributed by atoms with E-state index in [2.05, 4.69) is 15.3 Å². The van der Waals surface area contributed by atoms with Gasteiger partial charge in [0.1, 0.15) is 5.02 Å². The van der Waals surface area contributed by atoms with Gasteiger partial charge in [-0.05, 0) is 29.7 Å². The van der Waals surface area contributed by atoms with E-state index < -0.39 is 0 Å². The Kier molecular flexibility index (Phi) is 3.69. The molecule has 0 radical (unpaired) electrons. The number of nitrogens with one attached hydrogen (secondary N) is 1. The summed E-state index contributed by atoms with van der Waals surface area (Å²) in [6, 6.07) is 5.83. The Morgan fingerprint density at radius 3 is 2.95 bits per heavy atom. The number of fused-ring (bicyclic) bond motifs is 1. The Balaban J connectivity index is 2.03. The Morgan fingerprint density at radius 1 is 1.38 bits per heavy atom. The molecule has 0 fully saturated rings. The zero-order valence-corrected chi connectivity index (χ0v) is 12.7. The molecule has 1 amide bonds. The number of carbonyl (C=O) groups excluding carboxylic acids is 1. The Labute approximate surface area is 131 Å². The van der Waals surface area contributed by atoms with Crippen molar-refractivity contribution < 1.29 is 4.79 Å². The van der Waals surface area contributed by atoms with Crippen LogP contribution in [-0.4, -0.2) is 22.4 Å². The fourth-order valence-electron chi connectivity index (χ4n) is 2.43. The Hall–Kier alpha value is -1.85. The minimum Gasteiger partial charge on any atom is -0.337 e. The van der Waals surface area contributed by atoms with Crippen molar-refractivity contribution in [3.05, 3.63) is 40.3 Å². The number of nitrogens with zero attached hydrogens (tertiary/aromatic N) is 3. The van der Waals surface area contributed by atoms with Gasteiger partial charge in [0.2, 0.25) is 11.2 Å². The van der Waals surface area contributed by atoms with Gasteiger partial charge < -0.3 is 10.2 Å². The quantitative estimate of drug-likeness (QED) is 0.860. The Bertz CT molecular complexity index is 720. The molecule has 1 aliphatic rings. The van der Waals surface area contributed by atoms with Crippen LogP contribution in [0.3, 0.4) is 0 Å². The van der Waals surface area contributed by atoms with E-state index in [9.17, 15) is 4.79 Å². The van der Waals surface area contributed by atoms with Gasteiger partial charge in [0, 0.05) is 13.5 Å². The monoisotopic (exact) mass is 322 g/mol. The van der Waals surface area contributed by atoms with Gasteiger partial charge in [0.05, 0.1) is 17.6 Å². The summed E-state index contributed by atoms with van der Waals surface area (Å²) in [7, 11) is 0. The summed E-state index contributed by atoms with van der Waals surface area (Å²) in [4.78, 5) is 21.4. The van der Waals surface area contributed by atoms with Gasteiger partial charge in [-0.15, -0.1) is 0 Å². The second-order valence-corrected chi connectivity index (χ2v) is 5.44. The molecule has 2 heterocycles. The van der Waals surface area contributed by atoms with Gasteiger partial charge in [-0.25, -0.2) is 4.98 Å². The maximum Gasteiger partial charge on any atom is 0.224 e. The average molecular weight is 323 g/mol. The lowest BCUT2D eigenvalue weighted by atomic mass is 10.1. The molecule has 0 atom stereocenters. The molecule has 2 aromatic rings. The normalized spacial score (nSPS) is 13.2. The fraction of sp³-hybridized carbons (Fsp3) is 0.214. The first-order chi connectivity index (χ1) is 10.1. The summed E-state index contributed by atoms with van der Waals surface area (Å²) < 4.78 is 0. The zero-order chi connectivity index (χ0) is 15.0. The van der Waals surface area contributed by atoms with Crippen LogP contribution in [-0.2, 0) is 11.2 Å². The smallest absolute Gasteiger partial charge is 0.224 e. The van der Waals surface area contributed by atoms with Crippen molar-refractivity contribution in [3.63, 3.8) is 0 Å². The van der Waals surface area contributed by atoms with Gasteiger partial charge in [0.25, 0.3) is 0 Å². The van der Waals surface area contributed by atoms with Crippen LogP contribution in [0, 0.1) is 0 Å². The van der Waals surface area contributed by atoms with Gasteiger partial charge in [-0.1, -0.05) is 23.7 Å². The molecule has 3 rings (SSSR count). The third kappa shape index (κ3) is 2.66. The van der Waals surface area contributed by atoms with Crippen LogP contribution in [0.4, 0.5) is 17.2 Å². The highest BCUT2D eigenvalue weighted by atomic mass is 35.5. The van der Waals surface area contributed by atoms with E-state index in [1.807, 2.05) is 18.2 Å². The standard InChI is InChI=1S/C14H12Cl2N4O/c1-8(21)20-6-5-9-3-2-4-11(12(9)20)18-13-10(15)7-17-14(16)19-13/h2-4,7H,5-6H2,1H3,(H,17,18,19). The SMILES string of the molecule is CC(=O)N1CCc2cccc(Nc3nc(Cl)ncc3Cl)c21. The molecule has 1 N–H and O–H groups in total. The summed E-state index contributed by atoms with van der Waals surface area (Å²) in [6.07, 6.45) is 2.27. The van der Waals surface area contributed by atoms with E-state index in [0.717, 1.165) is 23.4 Å². The van der Waals surface area contributed by atoms with Gasteiger partial charge in [-0.3, -0.25) is 4.79 Å². The number of amides is 1. The van der Waals surface area contributed by atoms with E-state index >= 15 is 0 Å². The van der Waals surface area contributed by atoms with Crippen LogP contribution < -0.4 is 10.2 Å². The van der Waals surface area contributed by atoms with Crippen molar-refractivity contribution in [3.8, 4) is 0 Å². The lowest BCUT2D eigenvalue weighted by molar-refractivity contribution is -0.116. The highest BCUT2D eigenvalue weighted by Crippen LogP contribution is 2.37. The maximum atomic E-state index is 11.8. The molecule has 0 bridgehead atoms. The third-order valence-corrected chi connectivity index (χ3v) is 3.80. The first kappa shape index (κ1) is 14.1. The summed E-state index contributed by atoms with van der Waals surface area (Å²) in [6.45, 7) is 2.24.